The summed E-state index contributed by atoms with van der Waals surface area (Å²) in [7, 11) is 0. The smallest absolute Gasteiger partial charge is 0.308 e. The van der Waals surface area contributed by atoms with E-state index in [1.54, 1.807) is 0 Å². The average molecular weight is 480 g/mol. The van der Waals surface area contributed by atoms with E-state index in [2.05, 4.69) is 108 Å². The van der Waals surface area contributed by atoms with Gasteiger partial charge in [-0.3, -0.25) is 9.69 Å². The molecule has 1 unspecified atom stereocenters. The third-order valence-electron chi connectivity index (χ3n) is 6.59. The fraction of sp³-hybridized carbons (Fsp3) is 0.194. The van der Waals surface area contributed by atoms with Crippen molar-refractivity contribution in [2.75, 3.05) is 12.4 Å². The summed E-state index contributed by atoms with van der Waals surface area (Å²) in [6.07, 6.45) is 0.968. The second-order valence-electron chi connectivity index (χ2n) is 8.89. The van der Waals surface area contributed by atoms with Crippen LogP contribution in [0, 0.1) is 0 Å². The Morgan fingerprint density at radius 1 is 0.800 bits per heavy atom. The van der Waals surface area contributed by atoms with Crippen molar-refractivity contribution in [1.29, 1.82) is 0 Å². The molecule has 4 aromatic carbocycles. The molecule has 0 aromatic heterocycles. The zero-order valence-corrected chi connectivity index (χ0v) is 20.7. The van der Waals surface area contributed by atoms with Crippen molar-refractivity contribution in [3.63, 3.8) is 0 Å². The molecule has 0 aliphatic carbocycles. The third kappa shape index (κ3) is 4.90. The van der Waals surface area contributed by atoms with E-state index in [0.29, 0.717) is 11.0 Å². The van der Waals surface area contributed by atoms with Crippen LogP contribution in [-0.2, 0) is 16.8 Å². The van der Waals surface area contributed by atoms with Crippen molar-refractivity contribution < 1.29 is 9.53 Å². The van der Waals surface area contributed by atoms with E-state index in [1.807, 2.05) is 23.9 Å². The summed E-state index contributed by atoms with van der Waals surface area (Å²) in [5.41, 5.74) is 4.73. The van der Waals surface area contributed by atoms with Gasteiger partial charge in [0.1, 0.15) is 5.75 Å². The van der Waals surface area contributed by atoms with Crippen LogP contribution in [0.25, 0.3) is 0 Å². The first-order chi connectivity index (χ1) is 17.2. The molecule has 1 atom stereocenters. The Morgan fingerprint density at radius 3 is 1.74 bits per heavy atom. The van der Waals surface area contributed by atoms with Gasteiger partial charge in [0.2, 0.25) is 0 Å². The molecule has 0 bridgehead atoms. The molecule has 0 spiro atoms. The van der Waals surface area contributed by atoms with E-state index >= 15 is 0 Å². The minimum absolute atomic E-state index is 0.293. The summed E-state index contributed by atoms with van der Waals surface area (Å²) in [5, 5.41) is 0.463. The molecule has 0 amide bonds. The van der Waals surface area contributed by atoms with Gasteiger partial charge in [-0.1, -0.05) is 103 Å². The molecule has 0 radical (unpaired) electrons. The predicted molar refractivity (Wildman–Crippen MR) is 144 cm³/mol. The van der Waals surface area contributed by atoms with Gasteiger partial charge in [0.05, 0.1) is 5.54 Å². The fourth-order valence-electron chi connectivity index (χ4n) is 5.11. The number of rotatable bonds is 7. The molecular weight excluding hydrogens is 450 g/mol. The predicted octanol–water partition coefficient (Wildman–Crippen LogP) is 6.52. The largest absolute Gasteiger partial charge is 0.427 e. The first-order valence-corrected chi connectivity index (χ1v) is 13.0. The van der Waals surface area contributed by atoms with E-state index in [0.717, 1.165) is 18.8 Å². The van der Waals surface area contributed by atoms with Crippen LogP contribution in [0.2, 0.25) is 0 Å². The highest BCUT2D eigenvalue weighted by Gasteiger charge is 2.45. The number of hydrogen-bond acceptors (Lipinski definition) is 4. The van der Waals surface area contributed by atoms with Crippen LogP contribution in [0.15, 0.2) is 115 Å². The molecule has 1 saturated heterocycles. The molecule has 1 heterocycles. The molecule has 5 rings (SSSR count). The van der Waals surface area contributed by atoms with Crippen LogP contribution >= 0.6 is 11.8 Å². The summed E-state index contributed by atoms with van der Waals surface area (Å²) in [4.78, 5) is 13.9. The lowest BCUT2D eigenvalue weighted by atomic mass is 9.75. The van der Waals surface area contributed by atoms with Crippen LogP contribution in [-0.4, -0.2) is 28.5 Å². The molecule has 176 valence electrons. The average Bonchev–Trinajstić information content (AvgIpc) is 3.36. The maximum Gasteiger partial charge on any atom is 0.308 e. The topological polar surface area (TPSA) is 29.5 Å². The molecule has 3 nitrogen and oxygen atoms in total. The van der Waals surface area contributed by atoms with Crippen LogP contribution < -0.4 is 4.74 Å². The van der Waals surface area contributed by atoms with E-state index < -0.39 is 0 Å². The molecule has 0 N–H and O–H groups in total. The number of carbonyl (C=O) groups excluding carboxylic acids is 1. The van der Waals surface area contributed by atoms with Crippen LogP contribution in [0.1, 0.15) is 29.2 Å². The summed E-state index contributed by atoms with van der Waals surface area (Å²) in [6, 6.07) is 40.6. The highest BCUT2D eigenvalue weighted by atomic mass is 32.2. The van der Waals surface area contributed by atoms with Crippen LogP contribution in [0.4, 0.5) is 0 Å². The summed E-state index contributed by atoms with van der Waals surface area (Å²) in [5.74, 6) is 1.24. The molecule has 1 aliphatic heterocycles. The number of thioether (sulfide) groups is 1. The van der Waals surface area contributed by atoms with E-state index in [4.69, 9.17) is 4.74 Å². The van der Waals surface area contributed by atoms with Gasteiger partial charge >= 0.3 is 5.97 Å². The van der Waals surface area contributed by atoms with Gasteiger partial charge in [-0.25, -0.2) is 0 Å². The van der Waals surface area contributed by atoms with Crippen LogP contribution in [0.3, 0.4) is 0 Å². The number of nitrogens with zero attached hydrogens (tertiary/aromatic N) is 1. The van der Waals surface area contributed by atoms with Crippen LogP contribution in [0.5, 0.6) is 5.75 Å². The molecule has 4 aromatic rings. The van der Waals surface area contributed by atoms with Gasteiger partial charge in [-0.05, 0) is 40.8 Å². The lowest BCUT2D eigenvalue weighted by Crippen LogP contribution is -2.47. The first-order valence-electron chi connectivity index (χ1n) is 12.0. The Morgan fingerprint density at radius 2 is 1.29 bits per heavy atom. The number of ether oxygens (including phenoxy) is 1. The molecular formula is C31H29NO2S. The zero-order valence-electron chi connectivity index (χ0n) is 19.8. The zero-order chi connectivity index (χ0) is 24.1. The quantitative estimate of drug-likeness (QED) is 0.171. The Labute approximate surface area is 211 Å². The second-order valence-corrected chi connectivity index (χ2v) is 10.1. The van der Waals surface area contributed by atoms with Gasteiger partial charge in [-0.15, -0.1) is 11.8 Å². The van der Waals surface area contributed by atoms with Gasteiger partial charge in [0.15, 0.2) is 0 Å². The molecule has 1 aliphatic rings. The maximum absolute atomic E-state index is 11.2. The Bertz CT molecular complexity index is 1150. The van der Waals surface area contributed by atoms with Crippen molar-refractivity contribution in [2.24, 2.45) is 0 Å². The van der Waals surface area contributed by atoms with Gasteiger partial charge < -0.3 is 4.74 Å². The van der Waals surface area contributed by atoms with Gasteiger partial charge in [0, 0.05) is 24.6 Å². The minimum atomic E-state index is -0.370. The Kier molecular flexibility index (Phi) is 7.03. The highest BCUT2D eigenvalue weighted by molar-refractivity contribution is 8.00. The van der Waals surface area contributed by atoms with Crippen molar-refractivity contribution >= 4 is 17.7 Å². The monoisotopic (exact) mass is 479 g/mol. The first kappa shape index (κ1) is 23.4. The third-order valence-corrected chi connectivity index (χ3v) is 7.84. The van der Waals surface area contributed by atoms with Gasteiger partial charge in [0.25, 0.3) is 0 Å². The molecule has 4 heteroatoms. The van der Waals surface area contributed by atoms with Crippen molar-refractivity contribution in [3.05, 3.63) is 138 Å². The lowest BCUT2D eigenvalue weighted by molar-refractivity contribution is -0.131. The lowest BCUT2D eigenvalue weighted by Gasteiger charge is -2.43. The number of esters is 1. The Hall–Kier alpha value is -3.34. The SMILES string of the molecule is CC(=O)Oc1ccc(CC2CN(C(c3ccccc3)(c3ccccc3)c3ccccc3)CS2)cc1. The maximum atomic E-state index is 11.2. The minimum Gasteiger partial charge on any atom is -0.427 e. The molecule has 0 saturated carbocycles. The standard InChI is InChI=1S/C31H29NO2S/c1-24(33)34-29-19-17-25(18-20-29)21-30-22-32(23-35-30)31(26-11-5-2-6-12-26,27-13-7-3-8-14-27)28-15-9-4-10-16-28/h2-20,30H,21-23H2,1H3. The number of benzene rings is 4. The molecule has 35 heavy (non-hydrogen) atoms. The molecule has 1 fully saturated rings. The van der Waals surface area contributed by atoms with E-state index in [1.165, 1.54) is 29.2 Å². The van der Waals surface area contributed by atoms with E-state index in [-0.39, 0.29) is 11.5 Å². The van der Waals surface area contributed by atoms with Gasteiger partial charge in [-0.2, -0.15) is 0 Å². The highest BCUT2D eigenvalue weighted by Crippen LogP contribution is 2.46. The summed E-state index contributed by atoms with van der Waals surface area (Å²) in [6.45, 7) is 2.39. The second kappa shape index (κ2) is 10.5. The summed E-state index contributed by atoms with van der Waals surface area (Å²) < 4.78 is 5.20. The normalized spacial score (nSPS) is 16.2. The Balaban J connectivity index is 1.49. The summed E-state index contributed by atoms with van der Waals surface area (Å²) >= 11 is 2.01. The fourth-order valence-corrected chi connectivity index (χ4v) is 6.40. The van der Waals surface area contributed by atoms with Crippen molar-refractivity contribution in [3.8, 4) is 5.75 Å². The number of carbonyl (C=O) groups is 1. The number of hydrogen-bond donors (Lipinski definition) is 0. The van der Waals surface area contributed by atoms with E-state index in [9.17, 15) is 4.79 Å². The van der Waals surface area contributed by atoms with Crippen molar-refractivity contribution in [1.82, 2.24) is 4.90 Å². The van der Waals surface area contributed by atoms with Crippen molar-refractivity contribution in [2.45, 2.75) is 24.1 Å².